The highest BCUT2D eigenvalue weighted by Crippen LogP contribution is 2.32. The van der Waals surface area contributed by atoms with E-state index in [0.29, 0.717) is 24.3 Å². The van der Waals surface area contributed by atoms with Crippen LogP contribution < -0.4 is 11.1 Å². The van der Waals surface area contributed by atoms with E-state index in [2.05, 4.69) is 12.2 Å². The summed E-state index contributed by atoms with van der Waals surface area (Å²) < 4.78 is 0. The molecule has 2 saturated carbocycles. The summed E-state index contributed by atoms with van der Waals surface area (Å²) in [5.74, 6) is 1.46. The lowest BCUT2D eigenvalue weighted by Gasteiger charge is -2.28. The molecule has 3 heteroatoms. The Hall–Kier alpha value is -0.570. The fourth-order valence-electron chi connectivity index (χ4n) is 2.97. The molecule has 1 unspecified atom stereocenters. The van der Waals surface area contributed by atoms with Crippen LogP contribution in [0.5, 0.6) is 0 Å². The number of nitrogens with two attached hydrogens (primary N) is 1. The third-order valence-corrected chi connectivity index (χ3v) is 4.39. The van der Waals surface area contributed by atoms with E-state index in [1.807, 2.05) is 0 Å². The molecule has 2 aliphatic carbocycles. The Morgan fingerprint density at radius 2 is 1.82 bits per heavy atom. The van der Waals surface area contributed by atoms with Crippen molar-refractivity contribution >= 4 is 5.91 Å². The lowest BCUT2D eigenvalue weighted by atomic mass is 9.84. The van der Waals surface area contributed by atoms with Crippen LogP contribution in [-0.2, 0) is 4.79 Å². The normalized spacial score (nSPS) is 25.3. The number of carbonyl (C=O) groups excluding carboxylic acids is 1. The molecule has 0 heterocycles. The van der Waals surface area contributed by atoms with Crippen LogP contribution in [-0.4, -0.2) is 18.0 Å². The van der Waals surface area contributed by atoms with Crippen LogP contribution in [0, 0.1) is 11.8 Å². The lowest BCUT2D eigenvalue weighted by Crippen LogP contribution is -2.41. The van der Waals surface area contributed by atoms with Gasteiger partial charge in [-0.1, -0.05) is 19.3 Å². The monoisotopic (exact) mass is 238 g/mol. The van der Waals surface area contributed by atoms with Crippen LogP contribution in [0.25, 0.3) is 0 Å². The molecule has 98 valence electrons. The van der Waals surface area contributed by atoms with Crippen molar-refractivity contribution in [2.45, 2.75) is 70.4 Å². The lowest BCUT2D eigenvalue weighted by molar-refractivity contribution is -0.122. The van der Waals surface area contributed by atoms with E-state index in [-0.39, 0.29) is 11.9 Å². The molecule has 2 atom stereocenters. The molecule has 3 N–H and O–H groups in total. The largest absolute Gasteiger partial charge is 0.353 e. The molecule has 0 aromatic carbocycles. The predicted molar refractivity (Wildman–Crippen MR) is 69.5 cm³/mol. The zero-order chi connectivity index (χ0) is 12.3. The molecule has 0 bridgehead atoms. The standard InChI is InChI=1S/C14H26N2O/c1-10(11-5-3-2-4-6-11)16-14(17)9-13(15)12-7-8-12/h10-13H,2-9,15H2,1H3,(H,16,17)/t10-,13?/m1/s1. The van der Waals surface area contributed by atoms with Crippen LogP contribution in [0.2, 0.25) is 0 Å². The van der Waals surface area contributed by atoms with E-state index in [4.69, 9.17) is 5.73 Å². The van der Waals surface area contributed by atoms with Crippen molar-refractivity contribution in [3.63, 3.8) is 0 Å². The Morgan fingerprint density at radius 1 is 1.18 bits per heavy atom. The van der Waals surface area contributed by atoms with Gasteiger partial charge in [0.05, 0.1) is 0 Å². The zero-order valence-corrected chi connectivity index (χ0v) is 11.0. The Morgan fingerprint density at radius 3 is 2.41 bits per heavy atom. The van der Waals surface area contributed by atoms with Gasteiger partial charge in [0.25, 0.3) is 0 Å². The summed E-state index contributed by atoms with van der Waals surface area (Å²) in [6, 6.07) is 0.419. The van der Waals surface area contributed by atoms with Gasteiger partial charge in [0, 0.05) is 18.5 Å². The molecule has 0 aromatic heterocycles. The Labute approximate surface area is 105 Å². The fourth-order valence-corrected chi connectivity index (χ4v) is 2.97. The van der Waals surface area contributed by atoms with Crippen LogP contribution in [0.15, 0.2) is 0 Å². The minimum Gasteiger partial charge on any atom is -0.353 e. The fraction of sp³-hybridized carbons (Fsp3) is 0.929. The molecule has 3 nitrogen and oxygen atoms in total. The Balaban J connectivity index is 1.69. The highest BCUT2D eigenvalue weighted by atomic mass is 16.1. The van der Waals surface area contributed by atoms with E-state index in [1.54, 1.807) is 0 Å². The minimum atomic E-state index is 0.0913. The summed E-state index contributed by atoms with van der Waals surface area (Å²) in [7, 11) is 0. The maximum Gasteiger partial charge on any atom is 0.221 e. The van der Waals surface area contributed by atoms with Gasteiger partial charge in [-0.2, -0.15) is 0 Å². The number of carbonyl (C=O) groups is 1. The van der Waals surface area contributed by atoms with Gasteiger partial charge in [-0.05, 0) is 44.4 Å². The maximum atomic E-state index is 11.8. The van der Waals surface area contributed by atoms with Gasteiger partial charge in [0.2, 0.25) is 5.91 Å². The van der Waals surface area contributed by atoms with Crippen LogP contribution in [0.1, 0.15) is 58.3 Å². The van der Waals surface area contributed by atoms with Crippen molar-refractivity contribution in [2.24, 2.45) is 17.6 Å². The molecule has 0 aliphatic heterocycles. The highest BCUT2D eigenvalue weighted by Gasteiger charge is 2.30. The first kappa shape index (κ1) is 12.9. The minimum absolute atomic E-state index is 0.0913. The third kappa shape index (κ3) is 3.98. The van der Waals surface area contributed by atoms with Gasteiger partial charge in [-0.3, -0.25) is 4.79 Å². The van der Waals surface area contributed by atoms with E-state index >= 15 is 0 Å². The number of nitrogens with one attached hydrogen (secondary N) is 1. The Kier molecular flexibility index (Phi) is 4.43. The van der Waals surface area contributed by atoms with Gasteiger partial charge in [0.15, 0.2) is 0 Å². The summed E-state index contributed by atoms with van der Waals surface area (Å²) in [6.45, 7) is 2.15. The summed E-state index contributed by atoms with van der Waals surface area (Å²) in [5.41, 5.74) is 5.97. The summed E-state index contributed by atoms with van der Waals surface area (Å²) >= 11 is 0. The zero-order valence-electron chi connectivity index (χ0n) is 11.0. The molecular formula is C14H26N2O. The van der Waals surface area contributed by atoms with Crippen LogP contribution in [0.3, 0.4) is 0 Å². The predicted octanol–water partition coefficient (Wildman–Crippen LogP) is 2.20. The third-order valence-electron chi connectivity index (χ3n) is 4.39. The molecule has 2 rings (SSSR count). The number of rotatable bonds is 5. The van der Waals surface area contributed by atoms with Crippen molar-refractivity contribution in [3.8, 4) is 0 Å². The molecular weight excluding hydrogens is 212 g/mol. The van der Waals surface area contributed by atoms with Gasteiger partial charge < -0.3 is 11.1 Å². The first-order valence-electron chi connectivity index (χ1n) is 7.21. The van der Waals surface area contributed by atoms with Crippen molar-refractivity contribution < 1.29 is 4.79 Å². The SMILES string of the molecule is C[C@@H](NC(=O)CC(N)C1CC1)C1CCCCC1. The summed E-state index contributed by atoms with van der Waals surface area (Å²) in [5, 5.41) is 3.14. The average molecular weight is 238 g/mol. The number of hydrogen-bond acceptors (Lipinski definition) is 2. The highest BCUT2D eigenvalue weighted by molar-refractivity contribution is 5.76. The molecule has 0 radical (unpaired) electrons. The number of amides is 1. The van der Waals surface area contributed by atoms with Gasteiger partial charge in [-0.25, -0.2) is 0 Å². The second-order valence-corrected chi connectivity index (χ2v) is 5.96. The molecule has 17 heavy (non-hydrogen) atoms. The van der Waals surface area contributed by atoms with Crippen LogP contribution >= 0.6 is 0 Å². The van der Waals surface area contributed by atoms with Gasteiger partial charge in [-0.15, -0.1) is 0 Å². The van der Waals surface area contributed by atoms with Crippen molar-refractivity contribution in [1.82, 2.24) is 5.32 Å². The molecule has 0 aromatic rings. The Bertz CT molecular complexity index is 257. The van der Waals surface area contributed by atoms with Crippen LogP contribution in [0.4, 0.5) is 0 Å². The second kappa shape index (κ2) is 5.85. The molecule has 2 fully saturated rings. The molecule has 2 aliphatic rings. The van der Waals surface area contributed by atoms with Crippen molar-refractivity contribution in [1.29, 1.82) is 0 Å². The quantitative estimate of drug-likeness (QED) is 0.771. The van der Waals surface area contributed by atoms with E-state index < -0.39 is 0 Å². The number of hydrogen-bond donors (Lipinski definition) is 2. The first-order valence-corrected chi connectivity index (χ1v) is 7.21. The summed E-state index contributed by atoms with van der Waals surface area (Å²) in [6.07, 6.45) is 9.51. The average Bonchev–Trinajstić information content (AvgIpc) is 3.13. The van der Waals surface area contributed by atoms with Crippen molar-refractivity contribution in [2.75, 3.05) is 0 Å². The second-order valence-electron chi connectivity index (χ2n) is 5.96. The topological polar surface area (TPSA) is 55.1 Å². The molecule has 1 amide bonds. The summed E-state index contributed by atoms with van der Waals surface area (Å²) in [4.78, 5) is 11.8. The van der Waals surface area contributed by atoms with E-state index in [0.717, 1.165) is 0 Å². The smallest absolute Gasteiger partial charge is 0.221 e. The van der Waals surface area contributed by atoms with E-state index in [9.17, 15) is 4.79 Å². The molecule has 0 saturated heterocycles. The van der Waals surface area contributed by atoms with Gasteiger partial charge in [0.1, 0.15) is 0 Å². The maximum absolute atomic E-state index is 11.8. The van der Waals surface area contributed by atoms with Gasteiger partial charge >= 0.3 is 0 Å². The van der Waals surface area contributed by atoms with Crippen molar-refractivity contribution in [3.05, 3.63) is 0 Å². The first-order chi connectivity index (χ1) is 8.16. The molecule has 0 spiro atoms. The van der Waals surface area contributed by atoms with E-state index in [1.165, 1.54) is 44.9 Å².